The van der Waals surface area contributed by atoms with Crippen molar-refractivity contribution in [3.8, 4) is 44.5 Å². The standard InChI is InChI=1S/C36H29F3N2O3.C27H23F3N2O2.C8H7NO2/c37-30-10-8-26(9-11-30)33-22-28(25-4-6-27(7-5-25)35(43)41-18-15-36(38,39)16-19-41)20-29-21-32(44-34(29)33)14-13-31(42)12-3-24-2-1-17-40-23-24;28-22-7-5-18(6-8-22)24-15-20(13-21-14-23(16-31)34-25(21)24)17-1-3-19(4-2-17)26(33)32-11-9-27(29,30)10-12-32;10-8(11)4-3-7-2-1-5-9-6-7/h1-12,17,20-23H,13-16,18-19H2;1-8,13-15H,9-12,16,31H2;1-6H,(H,10,11)/b12-3+;;4-3+. The summed E-state index contributed by atoms with van der Waals surface area (Å²) in [5.41, 5.74) is 16.2. The minimum atomic E-state index is -2.72. The first-order valence-electron chi connectivity index (χ1n) is 28.7. The van der Waals surface area contributed by atoms with E-state index in [0.717, 1.165) is 72.5 Å². The third-order valence-corrected chi connectivity index (χ3v) is 15.2. The van der Waals surface area contributed by atoms with Gasteiger partial charge in [-0.15, -0.1) is 0 Å². The number of aryl methyl sites for hydroxylation is 1. The summed E-state index contributed by atoms with van der Waals surface area (Å²) >= 11 is 0. The zero-order chi connectivity index (χ0) is 62.7. The van der Waals surface area contributed by atoms with Crippen molar-refractivity contribution in [2.24, 2.45) is 5.73 Å². The molecule has 12 rings (SSSR count). The monoisotopic (exact) mass is 1210 g/mol. The van der Waals surface area contributed by atoms with Crippen LogP contribution in [0.25, 0.3) is 78.6 Å². The van der Waals surface area contributed by atoms with Crippen LogP contribution < -0.4 is 5.73 Å². The number of nitrogens with zero attached hydrogens (tertiary/aromatic N) is 4. The molecule has 2 amide bonds. The summed E-state index contributed by atoms with van der Waals surface area (Å²) < 4.78 is 93.4. The lowest BCUT2D eigenvalue weighted by atomic mass is 9.96. The van der Waals surface area contributed by atoms with Gasteiger partial charge in [-0.25, -0.2) is 31.1 Å². The van der Waals surface area contributed by atoms with Gasteiger partial charge in [0.25, 0.3) is 23.7 Å². The van der Waals surface area contributed by atoms with Crippen LogP contribution in [0.4, 0.5) is 26.3 Å². The number of furan rings is 2. The highest BCUT2D eigenvalue weighted by molar-refractivity contribution is 6.00. The number of aliphatic carboxylic acids is 1. The molecule has 0 unspecified atom stereocenters. The number of halogens is 6. The number of benzene rings is 6. The Morgan fingerprint density at radius 1 is 0.517 bits per heavy atom. The molecule has 0 bridgehead atoms. The smallest absolute Gasteiger partial charge is 0.328 e. The maximum atomic E-state index is 13.8. The maximum Gasteiger partial charge on any atom is 0.328 e. The summed E-state index contributed by atoms with van der Waals surface area (Å²) in [5.74, 6) is -6.30. The lowest BCUT2D eigenvalue weighted by Gasteiger charge is -2.31. The van der Waals surface area contributed by atoms with E-state index in [-0.39, 0.29) is 94.1 Å². The average Bonchev–Trinajstić information content (AvgIpc) is 1.88. The lowest BCUT2D eigenvalue weighted by molar-refractivity contribution is -0.131. The van der Waals surface area contributed by atoms with Gasteiger partial charge in [-0.05, 0) is 160 Å². The Kier molecular flexibility index (Phi) is 19.2. The summed E-state index contributed by atoms with van der Waals surface area (Å²) in [6.45, 7) is 0.414. The number of carbonyl (C=O) groups excluding carboxylic acids is 3. The molecule has 2 aliphatic heterocycles. The van der Waals surface area contributed by atoms with E-state index in [9.17, 15) is 45.5 Å². The van der Waals surface area contributed by atoms with Gasteiger partial charge >= 0.3 is 5.97 Å². The molecule has 3 N–H and O–H groups in total. The number of allylic oxidation sites excluding steroid dienone is 1. The molecular formula is C71H59F6N5O7. The van der Waals surface area contributed by atoms with E-state index in [1.165, 1.54) is 46.2 Å². The second-order valence-corrected chi connectivity index (χ2v) is 21.5. The number of carbonyl (C=O) groups is 4. The Labute approximate surface area is 508 Å². The van der Waals surface area contributed by atoms with Crippen LogP contribution in [-0.4, -0.2) is 86.5 Å². The molecule has 0 spiro atoms. The third-order valence-electron chi connectivity index (χ3n) is 15.2. The van der Waals surface area contributed by atoms with Gasteiger partial charge in [0, 0.05) is 129 Å². The van der Waals surface area contributed by atoms with Crippen LogP contribution in [0.1, 0.15) is 75.5 Å². The minimum absolute atomic E-state index is 0.0283. The second-order valence-electron chi connectivity index (χ2n) is 21.5. The Balaban J connectivity index is 0.000000171. The first-order valence-corrected chi connectivity index (χ1v) is 28.7. The third kappa shape index (κ3) is 16.1. The van der Waals surface area contributed by atoms with Gasteiger partial charge < -0.3 is 29.5 Å². The SMILES string of the molecule is NCc1cc2cc(-c3ccc(C(=O)N4CCC(F)(F)CC4)cc3)cc(-c3ccc(F)cc3)c2o1.O=C(/C=C/c1cccnc1)CCc1cc2cc(-c3ccc(C(=O)N4CCC(F)(F)CC4)cc3)cc(-c3ccc(F)cc3)c2o1.O=C(O)/C=C/c1cccnc1. The van der Waals surface area contributed by atoms with Gasteiger partial charge in [0.05, 0.1) is 6.54 Å². The van der Waals surface area contributed by atoms with Crippen molar-refractivity contribution in [1.29, 1.82) is 0 Å². The van der Waals surface area contributed by atoms with Crippen molar-refractivity contribution in [2.45, 2.75) is 56.9 Å². The Morgan fingerprint density at radius 2 is 0.921 bits per heavy atom. The lowest BCUT2D eigenvalue weighted by Crippen LogP contribution is -2.42. The van der Waals surface area contributed by atoms with Gasteiger partial charge in [-0.1, -0.05) is 60.7 Å². The number of rotatable bonds is 14. The largest absolute Gasteiger partial charge is 0.478 e. The predicted octanol–water partition coefficient (Wildman–Crippen LogP) is 15.8. The number of piperidine rings is 2. The van der Waals surface area contributed by atoms with Crippen LogP contribution in [0, 0.1) is 11.6 Å². The first kappa shape index (κ1) is 61.9. The molecule has 2 aliphatic rings. The number of fused-ring (bicyclic) bond motifs is 2. The highest BCUT2D eigenvalue weighted by Crippen LogP contribution is 2.39. The number of nitrogens with two attached hydrogens (primary N) is 1. The quantitative estimate of drug-likeness (QED) is 0.0788. The average molecular weight is 1210 g/mol. The molecule has 0 radical (unpaired) electrons. The molecule has 2 saturated heterocycles. The van der Waals surface area contributed by atoms with E-state index in [1.54, 1.807) is 97.6 Å². The van der Waals surface area contributed by atoms with Crippen LogP contribution >= 0.6 is 0 Å². The van der Waals surface area contributed by atoms with Gasteiger partial charge in [-0.2, -0.15) is 0 Å². The van der Waals surface area contributed by atoms with E-state index in [4.69, 9.17) is 19.7 Å². The van der Waals surface area contributed by atoms with E-state index in [0.29, 0.717) is 40.2 Å². The zero-order valence-corrected chi connectivity index (χ0v) is 47.9. The van der Waals surface area contributed by atoms with E-state index >= 15 is 0 Å². The van der Waals surface area contributed by atoms with Crippen molar-refractivity contribution >= 4 is 57.7 Å². The molecule has 0 atom stereocenters. The fraction of sp³-hybridized carbons (Fsp3) is 0.183. The van der Waals surface area contributed by atoms with Crippen LogP contribution in [0.2, 0.25) is 0 Å². The zero-order valence-electron chi connectivity index (χ0n) is 47.9. The van der Waals surface area contributed by atoms with Crippen LogP contribution in [-0.2, 0) is 22.6 Å². The summed E-state index contributed by atoms with van der Waals surface area (Å²) in [5, 5.41) is 9.96. The van der Waals surface area contributed by atoms with Crippen LogP contribution in [0.5, 0.6) is 0 Å². The Hall–Kier alpha value is -10.2. The topological polar surface area (TPSA) is 173 Å². The second kappa shape index (κ2) is 27.7. The summed E-state index contributed by atoms with van der Waals surface area (Å²) in [7, 11) is 0. The Morgan fingerprint density at radius 3 is 1.33 bits per heavy atom. The molecule has 12 nitrogen and oxygen atoms in total. The number of hydrogen-bond acceptors (Lipinski definition) is 9. The number of amides is 2. The van der Waals surface area contributed by atoms with E-state index in [1.807, 2.05) is 66.7 Å². The number of carboxylic acids is 1. The van der Waals surface area contributed by atoms with Crippen LogP contribution in [0.3, 0.4) is 0 Å². The summed E-state index contributed by atoms with van der Waals surface area (Å²) in [6, 6.07) is 45.4. The molecule has 89 heavy (non-hydrogen) atoms. The predicted molar refractivity (Wildman–Crippen MR) is 330 cm³/mol. The summed E-state index contributed by atoms with van der Waals surface area (Å²) in [4.78, 5) is 59.1. The van der Waals surface area contributed by atoms with Gasteiger partial charge in [0.1, 0.15) is 34.3 Å². The minimum Gasteiger partial charge on any atom is -0.478 e. The fourth-order valence-electron chi connectivity index (χ4n) is 10.3. The molecule has 6 aromatic carbocycles. The summed E-state index contributed by atoms with van der Waals surface area (Å²) in [6.07, 6.45) is 11.8. The van der Waals surface area contributed by atoms with Crippen molar-refractivity contribution in [3.63, 3.8) is 0 Å². The molecule has 0 aliphatic carbocycles. The fourth-order valence-corrected chi connectivity index (χ4v) is 10.3. The van der Waals surface area contributed by atoms with Gasteiger partial charge in [0.15, 0.2) is 5.78 Å². The maximum absolute atomic E-state index is 13.8. The van der Waals surface area contributed by atoms with Gasteiger partial charge in [-0.3, -0.25) is 24.4 Å². The van der Waals surface area contributed by atoms with E-state index < -0.39 is 17.8 Å². The number of pyridine rings is 2. The number of aromatic nitrogens is 2. The number of alkyl halides is 4. The molecule has 6 heterocycles. The highest BCUT2D eigenvalue weighted by Gasteiger charge is 2.37. The van der Waals surface area contributed by atoms with Crippen molar-refractivity contribution in [2.75, 3.05) is 26.2 Å². The van der Waals surface area contributed by atoms with Gasteiger partial charge in [0.2, 0.25) is 0 Å². The molecular weight excluding hydrogens is 1150 g/mol. The first-order chi connectivity index (χ1) is 42.9. The number of likely N-dealkylation sites (tertiary alicyclic amines) is 2. The molecule has 2 fully saturated rings. The molecule has 452 valence electrons. The highest BCUT2D eigenvalue weighted by atomic mass is 19.3. The van der Waals surface area contributed by atoms with Crippen molar-refractivity contribution < 1.29 is 59.5 Å². The molecule has 4 aromatic heterocycles. The molecule has 0 saturated carbocycles. The molecule has 10 aromatic rings. The number of carboxylic acid groups (broad SMARTS) is 1. The van der Waals surface area contributed by atoms with Crippen LogP contribution in [0.15, 0.2) is 203 Å². The number of ketones is 1. The van der Waals surface area contributed by atoms with E-state index in [2.05, 4.69) is 9.97 Å². The van der Waals surface area contributed by atoms with Crippen molar-refractivity contribution in [1.82, 2.24) is 19.8 Å². The van der Waals surface area contributed by atoms with Crippen molar-refractivity contribution in [3.05, 3.63) is 240 Å². The normalized spacial score (nSPS) is 14.5. The molecule has 18 heteroatoms. The Bertz CT molecular complexity index is 4170. The number of hydrogen-bond donors (Lipinski definition) is 2.